The second kappa shape index (κ2) is 7.71. The van der Waals surface area contributed by atoms with Gasteiger partial charge < -0.3 is 18.6 Å². The smallest absolute Gasteiger partial charge is 0.238 e. The van der Waals surface area contributed by atoms with Gasteiger partial charge in [0.25, 0.3) is 0 Å². The van der Waals surface area contributed by atoms with Crippen molar-refractivity contribution in [1.29, 1.82) is 0 Å². The largest absolute Gasteiger partial charge is 0.461 e. The molecular formula is C19H18FN3O4. The van der Waals surface area contributed by atoms with Gasteiger partial charge in [0.2, 0.25) is 17.6 Å². The molecule has 1 saturated heterocycles. The van der Waals surface area contributed by atoms with Crippen molar-refractivity contribution in [1.82, 2.24) is 15.0 Å². The molecule has 3 aromatic rings. The van der Waals surface area contributed by atoms with Gasteiger partial charge in [0.1, 0.15) is 11.9 Å². The summed E-state index contributed by atoms with van der Waals surface area (Å²) in [4.78, 5) is 18.5. The molecule has 0 bridgehead atoms. The van der Waals surface area contributed by atoms with Crippen LogP contribution in [0.15, 0.2) is 51.6 Å². The first-order valence-corrected chi connectivity index (χ1v) is 8.70. The van der Waals surface area contributed by atoms with Crippen molar-refractivity contribution in [3.63, 3.8) is 0 Å². The van der Waals surface area contributed by atoms with E-state index < -0.39 is 0 Å². The van der Waals surface area contributed by atoms with Crippen molar-refractivity contribution in [2.45, 2.75) is 18.9 Å². The fourth-order valence-corrected chi connectivity index (χ4v) is 2.99. The fraction of sp³-hybridized carbons (Fsp3) is 0.316. The van der Waals surface area contributed by atoms with E-state index in [4.69, 9.17) is 13.7 Å². The van der Waals surface area contributed by atoms with Crippen molar-refractivity contribution >= 4 is 5.91 Å². The highest BCUT2D eigenvalue weighted by Gasteiger charge is 2.25. The fourth-order valence-electron chi connectivity index (χ4n) is 2.99. The van der Waals surface area contributed by atoms with E-state index in [-0.39, 0.29) is 24.2 Å². The zero-order valence-electron chi connectivity index (χ0n) is 14.5. The Morgan fingerprint density at radius 1 is 1.26 bits per heavy atom. The summed E-state index contributed by atoms with van der Waals surface area (Å²) < 4.78 is 29.2. The number of aryl methyl sites for hydroxylation is 1. The Hall–Kier alpha value is -3.00. The molecule has 2 aromatic heterocycles. The van der Waals surface area contributed by atoms with Gasteiger partial charge >= 0.3 is 0 Å². The van der Waals surface area contributed by atoms with Crippen LogP contribution in [0.25, 0.3) is 11.6 Å². The molecule has 7 nitrogen and oxygen atoms in total. The summed E-state index contributed by atoms with van der Waals surface area (Å²) in [6, 6.07) is 9.64. The Morgan fingerprint density at radius 2 is 2.11 bits per heavy atom. The first-order valence-electron chi connectivity index (χ1n) is 8.70. The average molecular weight is 371 g/mol. The van der Waals surface area contributed by atoms with E-state index in [1.165, 1.54) is 18.4 Å². The number of rotatable bonds is 5. The Bertz CT molecular complexity index is 892. The molecular weight excluding hydrogens is 353 g/mol. The predicted molar refractivity (Wildman–Crippen MR) is 92.0 cm³/mol. The zero-order chi connectivity index (χ0) is 18.6. The molecule has 3 heterocycles. The number of amides is 1. The van der Waals surface area contributed by atoms with E-state index in [2.05, 4.69) is 10.1 Å². The minimum atomic E-state index is -0.295. The molecule has 1 aromatic carbocycles. The van der Waals surface area contributed by atoms with Crippen molar-refractivity contribution < 1.29 is 22.9 Å². The van der Waals surface area contributed by atoms with Gasteiger partial charge in [-0.2, -0.15) is 4.98 Å². The van der Waals surface area contributed by atoms with Gasteiger partial charge in [-0.1, -0.05) is 17.3 Å². The summed E-state index contributed by atoms with van der Waals surface area (Å²) in [7, 11) is 0. The third-order valence-corrected chi connectivity index (χ3v) is 4.42. The van der Waals surface area contributed by atoms with Gasteiger partial charge in [0.05, 0.1) is 19.4 Å². The molecule has 0 aliphatic carbocycles. The van der Waals surface area contributed by atoms with Crippen LogP contribution in [-0.4, -0.2) is 40.6 Å². The number of morpholine rings is 1. The topological polar surface area (TPSA) is 81.6 Å². The van der Waals surface area contributed by atoms with E-state index in [0.717, 1.165) is 5.56 Å². The molecule has 0 spiro atoms. The maximum Gasteiger partial charge on any atom is 0.238 e. The molecule has 1 fully saturated rings. The lowest BCUT2D eigenvalue weighted by atomic mass is 10.1. The van der Waals surface area contributed by atoms with E-state index in [1.54, 1.807) is 29.2 Å². The number of carbonyl (C=O) groups is 1. The van der Waals surface area contributed by atoms with Gasteiger partial charge in [-0.3, -0.25) is 4.79 Å². The molecule has 140 valence electrons. The number of nitrogens with zero attached hydrogens (tertiary/aromatic N) is 3. The van der Waals surface area contributed by atoms with Crippen LogP contribution in [0.1, 0.15) is 24.0 Å². The quantitative estimate of drug-likeness (QED) is 0.686. The molecule has 1 atom stereocenters. The van der Waals surface area contributed by atoms with Crippen LogP contribution in [0.5, 0.6) is 0 Å². The molecule has 1 amide bonds. The van der Waals surface area contributed by atoms with Crippen LogP contribution in [0.3, 0.4) is 0 Å². The predicted octanol–water partition coefficient (Wildman–Crippen LogP) is 3.00. The number of aromatic nitrogens is 2. The van der Waals surface area contributed by atoms with Crippen LogP contribution in [-0.2, 0) is 16.0 Å². The molecule has 0 saturated carbocycles. The van der Waals surface area contributed by atoms with E-state index in [9.17, 15) is 9.18 Å². The van der Waals surface area contributed by atoms with Gasteiger partial charge in [-0.15, -0.1) is 0 Å². The highest BCUT2D eigenvalue weighted by atomic mass is 19.1. The van der Waals surface area contributed by atoms with Crippen molar-refractivity contribution in [3.8, 4) is 11.6 Å². The van der Waals surface area contributed by atoms with Crippen LogP contribution < -0.4 is 0 Å². The number of halogens is 1. The minimum absolute atomic E-state index is 0.0110. The standard InChI is InChI=1S/C19H18FN3O4/c20-14-5-3-13(4-6-14)16-12-23(9-11-26-16)18(24)8-7-17-21-19(22-27-17)15-2-1-10-25-15/h1-6,10,16H,7-9,11-12H2/t16-/m0/s1. The number of hydrogen-bond donors (Lipinski definition) is 0. The number of carbonyl (C=O) groups excluding carboxylic acids is 1. The van der Waals surface area contributed by atoms with Crippen LogP contribution >= 0.6 is 0 Å². The van der Waals surface area contributed by atoms with Crippen molar-refractivity contribution in [2.75, 3.05) is 19.7 Å². The summed E-state index contributed by atoms with van der Waals surface area (Å²) in [5, 5.41) is 3.85. The molecule has 0 radical (unpaired) electrons. The minimum Gasteiger partial charge on any atom is -0.461 e. The summed E-state index contributed by atoms with van der Waals surface area (Å²) in [6.45, 7) is 1.40. The second-order valence-corrected chi connectivity index (χ2v) is 6.24. The molecule has 1 aliphatic rings. The van der Waals surface area contributed by atoms with E-state index >= 15 is 0 Å². The maximum absolute atomic E-state index is 13.1. The number of ether oxygens (including phenoxy) is 1. The third-order valence-electron chi connectivity index (χ3n) is 4.42. The monoisotopic (exact) mass is 371 g/mol. The van der Waals surface area contributed by atoms with Crippen molar-refractivity contribution in [2.24, 2.45) is 0 Å². The van der Waals surface area contributed by atoms with Gasteiger partial charge in [0.15, 0.2) is 5.76 Å². The summed E-state index contributed by atoms with van der Waals surface area (Å²) >= 11 is 0. The summed E-state index contributed by atoms with van der Waals surface area (Å²) in [6.07, 6.45) is 1.89. The Kier molecular flexibility index (Phi) is 4.97. The highest BCUT2D eigenvalue weighted by Crippen LogP contribution is 2.23. The first kappa shape index (κ1) is 17.4. The Morgan fingerprint density at radius 3 is 2.89 bits per heavy atom. The highest BCUT2D eigenvalue weighted by molar-refractivity contribution is 5.76. The Balaban J connectivity index is 1.33. The zero-order valence-corrected chi connectivity index (χ0v) is 14.5. The number of hydrogen-bond acceptors (Lipinski definition) is 6. The summed E-state index contributed by atoms with van der Waals surface area (Å²) in [5.41, 5.74) is 0.855. The van der Waals surface area contributed by atoms with Crippen LogP contribution in [0.4, 0.5) is 4.39 Å². The average Bonchev–Trinajstić information content (AvgIpc) is 3.38. The SMILES string of the molecule is O=C(CCc1nc(-c2ccco2)no1)N1CCO[C@H](c2ccc(F)cc2)C1. The molecule has 0 unspecified atom stereocenters. The van der Waals surface area contributed by atoms with Crippen LogP contribution in [0, 0.1) is 5.82 Å². The number of furan rings is 1. The molecule has 27 heavy (non-hydrogen) atoms. The maximum atomic E-state index is 13.1. The van der Waals surface area contributed by atoms with Gasteiger partial charge in [0, 0.05) is 19.4 Å². The number of benzene rings is 1. The van der Waals surface area contributed by atoms with Crippen LogP contribution in [0.2, 0.25) is 0 Å². The van der Waals surface area contributed by atoms with E-state index in [0.29, 0.717) is 43.6 Å². The lowest BCUT2D eigenvalue weighted by Crippen LogP contribution is -2.42. The van der Waals surface area contributed by atoms with Gasteiger partial charge in [-0.05, 0) is 29.8 Å². The van der Waals surface area contributed by atoms with Gasteiger partial charge in [-0.25, -0.2) is 4.39 Å². The Labute approximate surface area is 154 Å². The molecule has 4 rings (SSSR count). The third kappa shape index (κ3) is 4.06. The molecule has 1 aliphatic heterocycles. The van der Waals surface area contributed by atoms with Crippen molar-refractivity contribution in [3.05, 3.63) is 59.9 Å². The molecule has 8 heteroatoms. The molecule has 0 N–H and O–H groups in total. The van der Waals surface area contributed by atoms with E-state index in [1.807, 2.05) is 0 Å². The lowest BCUT2D eigenvalue weighted by molar-refractivity contribution is -0.139. The lowest BCUT2D eigenvalue weighted by Gasteiger charge is -2.33. The second-order valence-electron chi connectivity index (χ2n) is 6.24. The first-order chi connectivity index (χ1) is 13.2. The summed E-state index contributed by atoms with van der Waals surface area (Å²) in [5.74, 6) is 0.967. The normalized spacial score (nSPS) is 17.2.